The van der Waals surface area contributed by atoms with Crippen LogP contribution in [0, 0.1) is 6.92 Å². The van der Waals surface area contributed by atoms with E-state index in [0.29, 0.717) is 0 Å². The van der Waals surface area contributed by atoms with Gasteiger partial charge < -0.3 is 10.6 Å². The molecular formula is C15H27N3S. The second-order valence-electron chi connectivity index (χ2n) is 6.37. The van der Waals surface area contributed by atoms with Gasteiger partial charge in [-0.15, -0.1) is 11.3 Å². The Hall–Kier alpha value is -0.450. The van der Waals surface area contributed by atoms with Gasteiger partial charge in [0.1, 0.15) is 0 Å². The van der Waals surface area contributed by atoms with E-state index in [1.807, 2.05) is 0 Å². The summed E-state index contributed by atoms with van der Waals surface area (Å²) in [4.78, 5) is 8.53. The van der Waals surface area contributed by atoms with Gasteiger partial charge >= 0.3 is 0 Å². The molecule has 1 saturated heterocycles. The normalized spacial score (nSPS) is 21.8. The largest absolute Gasteiger partial charge is 0.321 e. The highest BCUT2D eigenvalue weighted by molar-refractivity contribution is 7.11. The van der Waals surface area contributed by atoms with Gasteiger partial charge in [0.05, 0.1) is 10.7 Å². The molecular weight excluding hydrogens is 254 g/mol. The maximum Gasteiger partial charge on any atom is 0.0944 e. The standard InChI is InChI=1S/C15H27N3S/c1-11-7-5-6-9-18(11)10-8-13-17-12(2)14(19-13)15(3,4)16/h11H,5-10,16H2,1-4H3. The summed E-state index contributed by atoms with van der Waals surface area (Å²) in [6, 6.07) is 0.736. The third kappa shape index (κ3) is 3.77. The number of thiazole rings is 1. The summed E-state index contributed by atoms with van der Waals surface area (Å²) in [5.41, 5.74) is 7.04. The Bertz CT molecular complexity index is 420. The second kappa shape index (κ2) is 5.90. The van der Waals surface area contributed by atoms with E-state index < -0.39 is 0 Å². The first-order valence-electron chi connectivity index (χ1n) is 7.37. The van der Waals surface area contributed by atoms with Gasteiger partial charge in [0.15, 0.2) is 0 Å². The number of piperidine rings is 1. The van der Waals surface area contributed by atoms with E-state index >= 15 is 0 Å². The van der Waals surface area contributed by atoms with Crippen molar-refractivity contribution in [2.45, 2.75) is 65.0 Å². The van der Waals surface area contributed by atoms with Crippen molar-refractivity contribution in [2.75, 3.05) is 13.1 Å². The highest BCUT2D eigenvalue weighted by atomic mass is 32.1. The molecule has 1 aromatic rings. The number of nitrogens with zero attached hydrogens (tertiary/aromatic N) is 2. The van der Waals surface area contributed by atoms with Crippen LogP contribution in [0.3, 0.4) is 0 Å². The first-order valence-corrected chi connectivity index (χ1v) is 8.19. The van der Waals surface area contributed by atoms with Crippen molar-refractivity contribution in [3.63, 3.8) is 0 Å². The van der Waals surface area contributed by atoms with Crippen LogP contribution >= 0.6 is 11.3 Å². The van der Waals surface area contributed by atoms with Gasteiger partial charge in [-0.1, -0.05) is 6.42 Å². The average Bonchev–Trinajstić information content (AvgIpc) is 2.69. The number of rotatable bonds is 4. The molecule has 1 unspecified atom stereocenters. The summed E-state index contributed by atoms with van der Waals surface area (Å²) in [5.74, 6) is 0. The van der Waals surface area contributed by atoms with Gasteiger partial charge in [-0.2, -0.15) is 0 Å². The van der Waals surface area contributed by atoms with Crippen LogP contribution in [0.4, 0.5) is 0 Å². The van der Waals surface area contributed by atoms with E-state index in [4.69, 9.17) is 10.7 Å². The van der Waals surface area contributed by atoms with Gasteiger partial charge in [0.2, 0.25) is 0 Å². The fraction of sp³-hybridized carbons (Fsp3) is 0.800. The van der Waals surface area contributed by atoms with Crippen LogP contribution in [-0.4, -0.2) is 29.0 Å². The van der Waals surface area contributed by atoms with E-state index in [1.165, 1.54) is 35.7 Å². The van der Waals surface area contributed by atoms with Crippen LogP contribution in [-0.2, 0) is 12.0 Å². The molecule has 4 heteroatoms. The summed E-state index contributed by atoms with van der Waals surface area (Å²) < 4.78 is 0. The zero-order chi connectivity index (χ0) is 14.0. The minimum absolute atomic E-state index is 0.265. The molecule has 1 fully saturated rings. The molecule has 0 amide bonds. The minimum Gasteiger partial charge on any atom is -0.321 e. The highest BCUT2D eigenvalue weighted by Crippen LogP contribution is 2.28. The topological polar surface area (TPSA) is 42.2 Å². The minimum atomic E-state index is -0.265. The molecule has 1 aromatic heterocycles. The SMILES string of the molecule is Cc1nc(CCN2CCCCC2C)sc1C(C)(C)N. The highest BCUT2D eigenvalue weighted by Gasteiger charge is 2.22. The van der Waals surface area contributed by atoms with E-state index in [0.717, 1.165) is 24.7 Å². The third-order valence-electron chi connectivity index (χ3n) is 3.98. The Morgan fingerprint density at radius 1 is 1.42 bits per heavy atom. The number of likely N-dealkylation sites (tertiary alicyclic amines) is 1. The van der Waals surface area contributed by atoms with Crippen LogP contribution in [0.2, 0.25) is 0 Å². The van der Waals surface area contributed by atoms with Gasteiger partial charge in [-0.3, -0.25) is 0 Å². The van der Waals surface area contributed by atoms with Crippen molar-refractivity contribution < 1.29 is 0 Å². The number of aryl methyl sites for hydroxylation is 1. The molecule has 2 N–H and O–H groups in total. The van der Waals surface area contributed by atoms with Crippen LogP contribution < -0.4 is 5.73 Å². The molecule has 3 nitrogen and oxygen atoms in total. The van der Waals surface area contributed by atoms with E-state index in [9.17, 15) is 0 Å². The van der Waals surface area contributed by atoms with Crippen LogP contribution in [0.1, 0.15) is 55.6 Å². The monoisotopic (exact) mass is 281 g/mol. The molecule has 0 saturated carbocycles. The first-order chi connectivity index (χ1) is 8.88. The van der Waals surface area contributed by atoms with E-state index in [2.05, 4.69) is 32.6 Å². The van der Waals surface area contributed by atoms with Crippen LogP contribution in [0.25, 0.3) is 0 Å². The quantitative estimate of drug-likeness (QED) is 0.922. The zero-order valence-electron chi connectivity index (χ0n) is 12.7. The smallest absolute Gasteiger partial charge is 0.0944 e. The second-order valence-corrected chi connectivity index (χ2v) is 7.46. The molecule has 2 heterocycles. The maximum absolute atomic E-state index is 6.19. The molecule has 0 aliphatic carbocycles. The van der Waals surface area contributed by atoms with Gasteiger partial charge in [-0.25, -0.2) is 4.98 Å². The predicted octanol–water partition coefficient (Wildman–Crippen LogP) is 3.06. The summed E-state index contributed by atoms with van der Waals surface area (Å²) in [5, 5.41) is 1.24. The molecule has 1 atom stereocenters. The number of aromatic nitrogens is 1. The molecule has 0 bridgehead atoms. The summed E-state index contributed by atoms with van der Waals surface area (Å²) in [6.07, 6.45) is 5.14. The Labute approximate surface area is 121 Å². The fourth-order valence-corrected chi connectivity index (χ4v) is 3.95. The third-order valence-corrected chi connectivity index (χ3v) is 5.54. The van der Waals surface area contributed by atoms with E-state index in [1.54, 1.807) is 11.3 Å². The van der Waals surface area contributed by atoms with Crippen molar-refractivity contribution in [2.24, 2.45) is 5.73 Å². The van der Waals surface area contributed by atoms with Crippen molar-refractivity contribution >= 4 is 11.3 Å². The first kappa shape index (κ1) is 14.9. The van der Waals surface area contributed by atoms with E-state index in [-0.39, 0.29) is 5.54 Å². The fourth-order valence-electron chi connectivity index (χ4n) is 2.89. The Morgan fingerprint density at radius 2 is 2.16 bits per heavy atom. The van der Waals surface area contributed by atoms with Crippen LogP contribution in [0.5, 0.6) is 0 Å². The zero-order valence-corrected chi connectivity index (χ0v) is 13.5. The number of hydrogen-bond donors (Lipinski definition) is 1. The van der Waals surface area contributed by atoms with Gasteiger partial charge in [0.25, 0.3) is 0 Å². The van der Waals surface area contributed by atoms with Crippen molar-refractivity contribution in [1.82, 2.24) is 9.88 Å². The molecule has 1 aliphatic heterocycles. The summed E-state index contributed by atoms with van der Waals surface area (Å²) in [7, 11) is 0. The lowest BCUT2D eigenvalue weighted by Crippen LogP contribution is -2.38. The lowest BCUT2D eigenvalue weighted by molar-refractivity contribution is 0.163. The number of nitrogens with two attached hydrogens (primary N) is 1. The maximum atomic E-state index is 6.19. The molecule has 1 aliphatic rings. The van der Waals surface area contributed by atoms with Crippen molar-refractivity contribution in [1.29, 1.82) is 0 Å². The lowest BCUT2D eigenvalue weighted by atomic mass is 10.0. The molecule has 0 aromatic carbocycles. The molecule has 2 rings (SSSR count). The van der Waals surface area contributed by atoms with Gasteiger partial charge in [0, 0.05) is 29.4 Å². The summed E-state index contributed by atoms with van der Waals surface area (Å²) in [6.45, 7) is 10.9. The summed E-state index contributed by atoms with van der Waals surface area (Å²) >= 11 is 1.79. The lowest BCUT2D eigenvalue weighted by Gasteiger charge is -2.33. The molecule has 108 valence electrons. The average molecular weight is 281 g/mol. The Balaban J connectivity index is 1.96. The Morgan fingerprint density at radius 3 is 2.74 bits per heavy atom. The van der Waals surface area contributed by atoms with Crippen molar-refractivity contribution in [3.8, 4) is 0 Å². The number of hydrogen-bond acceptors (Lipinski definition) is 4. The van der Waals surface area contributed by atoms with Crippen LogP contribution in [0.15, 0.2) is 0 Å². The molecule has 19 heavy (non-hydrogen) atoms. The predicted molar refractivity (Wildman–Crippen MR) is 82.7 cm³/mol. The van der Waals surface area contributed by atoms with Gasteiger partial charge in [-0.05, 0) is 47.1 Å². The molecule has 0 radical (unpaired) electrons. The molecule has 0 spiro atoms. The van der Waals surface area contributed by atoms with Crippen molar-refractivity contribution in [3.05, 3.63) is 15.6 Å². The Kier molecular flexibility index (Phi) is 4.64.